The molecule has 3 heterocycles. The summed E-state index contributed by atoms with van der Waals surface area (Å²) in [5.74, 6) is 1.66. The van der Waals surface area contributed by atoms with Crippen molar-refractivity contribution in [2.45, 2.75) is 10.8 Å². The van der Waals surface area contributed by atoms with E-state index >= 15 is 0 Å². The van der Waals surface area contributed by atoms with Gasteiger partial charge in [-0.05, 0) is 24.3 Å². The Kier molecular flexibility index (Phi) is 3.43. The van der Waals surface area contributed by atoms with Crippen LogP contribution in [0.3, 0.4) is 0 Å². The van der Waals surface area contributed by atoms with Crippen molar-refractivity contribution in [1.29, 1.82) is 0 Å². The Balaban J connectivity index is 1.68. The third kappa shape index (κ3) is 2.63. The molecule has 0 aliphatic carbocycles. The fourth-order valence-corrected chi connectivity index (χ4v) is 3.11. The van der Waals surface area contributed by atoms with Crippen LogP contribution in [0, 0.1) is 0 Å². The molecule has 0 aliphatic heterocycles. The molecule has 3 aromatic heterocycles. The van der Waals surface area contributed by atoms with Crippen LogP contribution < -0.4 is 0 Å². The summed E-state index contributed by atoms with van der Waals surface area (Å²) in [6.07, 6.45) is 3.47. The highest BCUT2D eigenvalue weighted by atomic mass is 32.2. The second-order valence-corrected chi connectivity index (χ2v) is 5.43. The Hall–Kier alpha value is -1.59. The van der Waals surface area contributed by atoms with Crippen LogP contribution in [0.5, 0.6) is 0 Å². The number of aromatic nitrogens is 2. The molecule has 0 fully saturated rings. The second-order valence-electron chi connectivity index (χ2n) is 3.58. The highest BCUT2D eigenvalue weighted by Gasteiger charge is 2.07. The standard InChI is InChI=1S/C13H10N2OS2/c1-2-6-14-12(5-1)17-8-10-9-18-13(15-10)11-4-3-7-16-11/h1-7,9H,8H2. The van der Waals surface area contributed by atoms with Crippen LogP contribution >= 0.6 is 23.1 Å². The maximum atomic E-state index is 5.32. The smallest absolute Gasteiger partial charge is 0.162 e. The molecule has 0 saturated carbocycles. The van der Waals surface area contributed by atoms with Crippen molar-refractivity contribution in [3.63, 3.8) is 0 Å². The van der Waals surface area contributed by atoms with E-state index in [-0.39, 0.29) is 0 Å². The molecule has 5 heteroatoms. The maximum Gasteiger partial charge on any atom is 0.162 e. The monoisotopic (exact) mass is 274 g/mol. The van der Waals surface area contributed by atoms with Gasteiger partial charge < -0.3 is 4.42 Å². The first kappa shape index (κ1) is 11.5. The van der Waals surface area contributed by atoms with Gasteiger partial charge in [0.05, 0.1) is 17.0 Å². The average Bonchev–Trinajstić information content (AvgIpc) is 3.08. The molecular weight excluding hydrogens is 264 g/mol. The maximum absolute atomic E-state index is 5.32. The van der Waals surface area contributed by atoms with Gasteiger partial charge in [-0.25, -0.2) is 9.97 Å². The van der Waals surface area contributed by atoms with Gasteiger partial charge in [0.15, 0.2) is 10.8 Å². The van der Waals surface area contributed by atoms with Crippen LogP contribution in [0.4, 0.5) is 0 Å². The molecule has 0 atom stereocenters. The highest BCUT2D eigenvalue weighted by molar-refractivity contribution is 7.98. The second kappa shape index (κ2) is 5.37. The molecule has 0 aliphatic rings. The fraction of sp³-hybridized carbons (Fsp3) is 0.0769. The van der Waals surface area contributed by atoms with Crippen molar-refractivity contribution >= 4 is 23.1 Å². The van der Waals surface area contributed by atoms with Crippen molar-refractivity contribution in [2.24, 2.45) is 0 Å². The molecule has 18 heavy (non-hydrogen) atoms. The lowest BCUT2D eigenvalue weighted by Gasteiger charge is -1.96. The van der Waals surface area contributed by atoms with Gasteiger partial charge in [0, 0.05) is 17.3 Å². The fourth-order valence-electron chi connectivity index (χ4n) is 1.47. The summed E-state index contributed by atoms with van der Waals surface area (Å²) in [6, 6.07) is 9.71. The Morgan fingerprint density at radius 2 is 2.22 bits per heavy atom. The SMILES string of the molecule is c1ccc(SCc2csc(-c3ccco3)n2)nc1. The minimum Gasteiger partial charge on any atom is -0.462 e. The van der Waals surface area contributed by atoms with E-state index < -0.39 is 0 Å². The third-order valence-electron chi connectivity index (χ3n) is 2.29. The summed E-state index contributed by atoms with van der Waals surface area (Å²) in [4.78, 5) is 8.81. The van der Waals surface area contributed by atoms with Crippen LogP contribution in [-0.4, -0.2) is 9.97 Å². The summed E-state index contributed by atoms with van der Waals surface area (Å²) in [5, 5.41) is 4.01. The van der Waals surface area contributed by atoms with E-state index in [9.17, 15) is 0 Å². The number of pyridine rings is 1. The van der Waals surface area contributed by atoms with E-state index in [1.165, 1.54) is 0 Å². The lowest BCUT2D eigenvalue weighted by Crippen LogP contribution is -1.83. The lowest BCUT2D eigenvalue weighted by atomic mass is 10.5. The number of rotatable bonds is 4. The quantitative estimate of drug-likeness (QED) is 0.672. The van der Waals surface area contributed by atoms with Gasteiger partial charge in [-0.2, -0.15) is 0 Å². The molecule has 0 saturated heterocycles. The van der Waals surface area contributed by atoms with Gasteiger partial charge in [-0.15, -0.1) is 23.1 Å². The predicted octanol–water partition coefficient (Wildman–Crippen LogP) is 4.09. The predicted molar refractivity (Wildman–Crippen MR) is 73.6 cm³/mol. The summed E-state index contributed by atoms with van der Waals surface area (Å²) in [5.41, 5.74) is 1.06. The van der Waals surface area contributed by atoms with Crippen LogP contribution in [0.15, 0.2) is 57.6 Å². The number of hydrogen-bond acceptors (Lipinski definition) is 5. The van der Waals surface area contributed by atoms with E-state index in [2.05, 4.69) is 15.3 Å². The van der Waals surface area contributed by atoms with Crippen LogP contribution in [0.1, 0.15) is 5.69 Å². The molecule has 0 unspecified atom stereocenters. The molecular formula is C13H10N2OS2. The number of nitrogens with zero attached hydrogens (tertiary/aromatic N) is 2. The zero-order valence-electron chi connectivity index (χ0n) is 9.45. The number of thioether (sulfide) groups is 1. The lowest BCUT2D eigenvalue weighted by molar-refractivity contribution is 0.581. The van der Waals surface area contributed by atoms with Crippen molar-refractivity contribution in [1.82, 2.24) is 9.97 Å². The van der Waals surface area contributed by atoms with Crippen LogP contribution in [-0.2, 0) is 5.75 Å². The van der Waals surface area contributed by atoms with Crippen molar-refractivity contribution in [3.8, 4) is 10.8 Å². The average molecular weight is 274 g/mol. The van der Waals surface area contributed by atoms with E-state index in [0.717, 1.165) is 27.2 Å². The molecule has 90 valence electrons. The molecule has 0 radical (unpaired) electrons. The van der Waals surface area contributed by atoms with Gasteiger partial charge >= 0.3 is 0 Å². The van der Waals surface area contributed by atoms with E-state index in [1.807, 2.05) is 30.3 Å². The number of furan rings is 1. The molecule has 0 bridgehead atoms. The van der Waals surface area contributed by atoms with E-state index in [1.54, 1.807) is 35.6 Å². The zero-order valence-corrected chi connectivity index (χ0v) is 11.1. The van der Waals surface area contributed by atoms with Gasteiger partial charge in [-0.3, -0.25) is 0 Å². The van der Waals surface area contributed by atoms with Gasteiger partial charge in [0.1, 0.15) is 0 Å². The Morgan fingerprint density at radius 3 is 3.00 bits per heavy atom. The molecule has 3 nitrogen and oxygen atoms in total. The van der Waals surface area contributed by atoms with Gasteiger partial charge in [-0.1, -0.05) is 6.07 Å². The van der Waals surface area contributed by atoms with Crippen molar-refractivity contribution < 1.29 is 4.42 Å². The van der Waals surface area contributed by atoms with Crippen LogP contribution in [0.25, 0.3) is 10.8 Å². The Morgan fingerprint density at radius 1 is 1.22 bits per heavy atom. The van der Waals surface area contributed by atoms with Gasteiger partial charge in [0.2, 0.25) is 0 Å². The summed E-state index contributed by atoms with van der Waals surface area (Å²) in [6.45, 7) is 0. The van der Waals surface area contributed by atoms with Crippen molar-refractivity contribution in [2.75, 3.05) is 0 Å². The minimum absolute atomic E-state index is 0.828. The van der Waals surface area contributed by atoms with Crippen LogP contribution in [0.2, 0.25) is 0 Å². The molecule has 3 rings (SSSR count). The van der Waals surface area contributed by atoms with E-state index in [0.29, 0.717) is 0 Å². The summed E-state index contributed by atoms with van der Waals surface area (Å²) >= 11 is 3.29. The summed E-state index contributed by atoms with van der Waals surface area (Å²) < 4.78 is 5.32. The first-order valence-corrected chi connectivity index (χ1v) is 7.30. The first-order chi connectivity index (χ1) is 8.92. The first-order valence-electron chi connectivity index (χ1n) is 5.44. The molecule has 0 N–H and O–H groups in total. The summed E-state index contributed by atoms with van der Waals surface area (Å²) in [7, 11) is 0. The molecule has 3 aromatic rings. The Labute approximate surface area is 113 Å². The third-order valence-corrected chi connectivity index (χ3v) is 4.17. The number of hydrogen-bond donors (Lipinski definition) is 0. The minimum atomic E-state index is 0.828. The highest BCUT2D eigenvalue weighted by Crippen LogP contribution is 2.27. The Bertz CT molecular complexity index is 605. The topological polar surface area (TPSA) is 38.9 Å². The number of thiazole rings is 1. The van der Waals surface area contributed by atoms with Crippen molar-refractivity contribution in [3.05, 3.63) is 53.9 Å². The van der Waals surface area contributed by atoms with Gasteiger partial charge in [0.25, 0.3) is 0 Å². The molecule has 0 amide bonds. The normalized spacial score (nSPS) is 10.7. The largest absolute Gasteiger partial charge is 0.462 e. The molecule has 0 aromatic carbocycles. The molecule has 0 spiro atoms. The zero-order chi connectivity index (χ0) is 12.2. The van der Waals surface area contributed by atoms with E-state index in [4.69, 9.17) is 4.42 Å².